The maximum absolute atomic E-state index is 6.11. The average molecular weight is 277 g/mol. The summed E-state index contributed by atoms with van der Waals surface area (Å²) in [6, 6.07) is 6.88. The highest BCUT2D eigenvalue weighted by Gasteiger charge is 2.19. The quantitative estimate of drug-likeness (QED) is 0.841. The van der Waals surface area contributed by atoms with E-state index in [-0.39, 0.29) is 5.41 Å². The molecule has 0 aliphatic heterocycles. The van der Waals surface area contributed by atoms with Gasteiger partial charge in [0.05, 0.1) is 7.11 Å². The van der Waals surface area contributed by atoms with E-state index in [1.54, 1.807) is 7.11 Å². The van der Waals surface area contributed by atoms with Gasteiger partial charge in [0.2, 0.25) is 0 Å². The van der Waals surface area contributed by atoms with Gasteiger partial charge in [0.1, 0.15) is 5.75 Å². The van der Waals surface area contributed by atoms with Crippen LogP contribution < -0.4 is 10.5 Å². The van der Waals surface area contributed by atoms with Crippen molar-refractivity contribution in [3.05, 3.63) is 29.3 Å². The molecule has 1 aromatic rings. The van der Waals surface area contributed by atoms with Crippen molar-refractivity contribution < 1.29 is 4.74 Å². The molecule has 0 spiro atoms. The Kier molecular flexibility index (Phi) is 6.07. The van der Waals surface area contributed by atoms with Crippen molar-refractivity contribution in [3.63, 3.8) is 0 Å². The van der Waals surface area contributed by atoms with Crippen LogP contribution in [0.25, 0.3) is 0 Å². The van der Waals surface area contributed by atoms with Gasteiger partial charge in [0.25, 0.3) is 0 Å². The molecular weight excluding hydrogens is 246 g/mol. The second kappa shape index (κ2) is 7.12. The zero-order valence-corrected chi connectivity index (χ0v) is 14.0. The monoisotopic (exact) mass is 277 g/mol. The molecule has 1 unspecified atom stereocenters. The van der Waals surface area contributed by atoms with Crippen LogP contribution in [0.2, 0.25) is 0 Å². The average Bonchev–Trinajstić information content (AvgIpc) is 2.37. The molecule has 0 aliphatic carbocycles. The van der Waals surface area contributed by atoms with Gasteiger partial charge in [-0.3, -0.25) is 0 Å². The van der Waals surface area contributed by atoms with Crippen molar-refractivity contribution in [1.29, 1.82) is 0 Å². The molecule has 2 heteroatoms. The maximum atomic E-state index is 6.11. The van der Waals surface area contributed by atoms with Crippen molar-refractivity contribution in [2.75, 3.05) is 7.11 Å². The van der Waals surface area contributed by atoms with Gasteiger partial charge in [0.15, 0.2) is 0 Å². The largest absolute Gasteiger partial charge is 0.496 e. The Morgan fingerprint density at radius 1 is 1.20 bits per heavy atom. The van der Waals surface area contributed by atoms with Gasteiger partial charge in [0, 0.05) is 6.04 Å². The van der Waals surface area contributed by atoms with E-state index in [1.807, 2.05) is 0 Å². The fourth-order valence-electron chi connectivity index (χ4n) is 2.37. The van der Waals surface area contributed by atoms with Crippen molar-refractivity contribution in [1.82, 2.24) is 0 Å². The van der Waals surface area contributed by atoms with Crippen molar-refractivity contribution in [3.8, 4) is 5.75 Å². The molecule has 1 rings (SSSR count). The van der Waals surface area contributed by atoms with Gasteiger partial charge in [-0.15, -0.1) is 0 Å². The van der Waals surface area contributed by atoms with Crippen LogP contribution in [-0.4, -0.2) is 13.2 Å². The number of aryl methyl sites for hydroxylation is 1. The third-order valence-corrected chi connectivity index (χ3v) is 3.93. The zero-order valence-electron chi connectivity index (χ0n) is 14.0. The molecule has 114 valence electrons. The SMILES string of the molecule is COc1ccc(CCCC(N)C(C)C)cc1C(C)(C)C. The van der Waals surface area contributed by atoms with E-state index in [0.717, 1.165) is 25.0 Å². The van der Waals surface area contributed by atoms with Crippen LogP contribution in [-0.2, 0) is 11.8 Å². The maximum Gasteiger partial charge on any atom is 0.122 e. The van der Waals surface area contributed by atoms with Crippen LogP contribution >= 0.6 is 0 Å². The number of nitrogens with two attached hydrogens (primary N) is 1. The number of ether oxygens (including phenoxy) is 1. The molecule has 1 aromatic carbocycles. The molecular formula is C18H31NO. The predicted octanol–water partition coefficient (Wildman–Crippen LogP) is 4.30. The lowest BCUT2D eigenvalue weighted by Gasteiger charge is -2.23. The molecule has 0 aliphatic rings. The summed E-state index contributed by atoms with van der Waals surface area (Å²) in [5.74, 6) is 1.55. The number of methoxy groups -OCH3 is 1. The molecule has 0 fully saturated rings. The van der Waals surface area contributed by atoms with E-state index in [2.05, 4.69) is 52.8 Å². The van der Waals surface area contributed by atoms with Crippen LogP contribution in [0, 0.1) is 5.92 Å². The van der Waals surface area contributed by atoms with Crippen molar-refractivity contribution in [2.45, 2.75) is 65.3 Å². The minimum atomic E-state index is 0.107. The van der Waals surface area contributed by atoms with Crippen LogP contribution in [0.4, 0.5) is 0 Å². The summed E-state index contributed by atoms with van der Waals surface area (Å²) in [5.41, 5.74) is 8.88. The lowest BCUT2D eigenvalue weighted by Crippen LogP contribution is -2.26. The summed E-state index contributed by atoms with van der Waals surface area (Å²) in [6.45, 7) is 11.1. The smallest absolute Gasteiger partial charge is 0.122 e. The molecule has 20 heavy (non-hydrogen) atoms. The lowest BCUT2D eigenvalue weighted by molar-refractivity contribution is 0.397. The number of hydrogen-bond acceptors (Lipinski definition) is 2. The van der Waals surface area contributed by atoms with E-state index in [4.69, 9.17) is 10.5 Å². The Morgan fingerprint density at radius 2 is 1.85 bits per heavy atom. The fraction of sp³-hybridized carbons (Fsp3) is 0.667. The Morgan fingerprint density at radius 3 is 2.35 bits per heavy atom. The van der Waals surface area contributed by atoms with Crippen molar-refractivity contribution in [2.24, 2.45) is 11.7 Å². The Labute approximate surface area is 124 Å². The minimum Gasteiger partial charge on any atom is -0.496 e. The zero-order chi connectivity index (χ0) is 15.3. The van der Waals surface area contributed by atoms with E-state index < -0.39 is 0 Å². The molecule has 2 N–H and O–H groups in total. The summed E-state index contributed by atoms with van der Waals surface area (Å²) in [7, 11) is 1.74. The number of hydrogen-bond donors (Lipinski definition) is 1. The van der Waals surface area contributed by atoms with Gasteiger partial charge in [-0.25, -0.2) is 0 Å². The van der Waals surface area contributed by atoms with Crippen LogP contribution in [0.3, 0.4) is 0 Å². The van der Waals surface area contributed by atoms with Crippen LogP contribution in [0.5, 0.6) is 5.75 Å². The summed E-state index contributed by atoms with van der Waals surface area (Å²) in [5, 5.41) is 0. The Bertz CT molecular complexity index is 418. The highest BCUT2D eigenvalue weighted by Crippen LogP contribution is 2.32. The Hall–Kier alpha value is -1.02. The van der Waals surface area contributed by atoms with Gasteiger partial charge in [-0.05, 0) is 47.8 Å². The number of benzene rings is 1. The molecule has 0 bridgehead atoms. The second-order valence-corrected chi connectivity index (χ2v) is 7.08. The highest BCUT2D eigenvalue weighted by molar-refractivity contribution is 5.41. The normalized spacial score (nSPS) is 13.6. The first-order valence-electron chi connectivity index (χ1n) is 7.68. The molecule has 1 atom stereocenters. The summed E-state index contributed by atoms with van der Waals surface area (Å²) in [4.78, 5) is 0. The van der Waals surface area contributed by atoms with E-state index >= 15 is 0 Å². The summed E-state index contributed by atoms with van der Waals surface area (Å²) in [6.07, 6.45) is 3.33. The first-order chi connectivity index (χ1) is 9.25. The molecule has 0 radical (unpaired) electrons. The topological polar surface area (TPSA) is 35.2 Å². The standard InChI is InChI=1S/C18H31NO/c1-13(2)16(19)9-7-8-14-10-11-17(20-6)15(12-14)18(3,4)5/h10-13,16H,7-9,19H2,1-6H3. The van der Waals surface area contributed by atoms with Crippen molar-refractivity contribution >= 4 is 0 Å². The summed E-state index contributed by atoms with van der Waals surface area (Å²) >= 11 is 0. The first-order valence-corrected chi connectivity index (χ1v) is 7.68. The molecule has 2 nitrogen and oxygen atoms in total. The van der Waals surface area contributed by atoms with E-state index in [0.29, 0.717) is 12.0 Å². The molecule has 0 saturated carbocycles. The molecule has 0 saturated heterocycles. The third kappa shape index (κ3) is 4.82. The lowest BCUT2D eigenvalue weighted by atomic mass is 9.84. The number of rotatable bonds is 6. The third-order valence-electron chi connectivity index (χ3n) is 3.93. The molecule has 0 amide bonds. The van der Waals surface area contributed by atoms with Gasteiger partial charge in [-0.1, -0.05) is 46.8 Å². The molecule has 0 heterocycles. The van der Waals surface area contributed by atoms with Gasteiger partial charge >= 0.3 is 0 Å². The van der Waals surface area contributed by atoms with Crippen LogP contribution in [0.1, 0.15) is 58.6 Å². The predicted molar refractivity (Wildman–Crippen MR) is 87.4 cm³/mol. The Balaban J connectivity index is 2.73. The van der Waals surface area contributed by atoms with Gasteiger partial charge < -0.3 is 10.5 Å². The van der Waals surface area contributed by atoms with Crippen LogP contribution in [0.15, 0.2) is 18.2 Å². The first kappa shape index (κ1) is 17.0. The van der Waals surface area contributed by atoms with E-state index in [9.17, 15) is 0 Å². The highest BCUT2D eigenvalue weighted by atomic mass is 16.5. The van der Waals surface area contributed by atoms with E-state index in [1.165, 1.54) is 11.1 Å². The summed E-state index contributed by atoms with van der Waals surface area (Å²) < 4.78 is 5.48. The fourth-order valence-corrected chi connectivity index (χ4v) is 2.37. The second-order valence-electron chi connectivity index (χ2n) is 7.08. The molecule has 0 aromatic heterocycles. The van der Waals surface area contributed by atoms with Gasteiger partial charge in [-0.2, -0.15) is 0 Å². The minimum absolute atomic E-state index is 0.107.